The molecule has 58 heavy (non-hydrogen) atoms. The van der Waals surface area contributed by atoms with Crippen LogP contribution in [-0.4, -0.2) is 117 Å². The molecular formula is C42H68N6O10. The molecule has 3 unspecified atom stereocenters. The van der Waals surface area contributed by atoms with E-state index >= 15 is 0 Å². The van der Waals surface area contributed by atoms with Gasteiger partial charge in [0.25, 0.3) is 5.91 Å². The molecule has 1 heterocycles. The summed E-state index contributed by atoms with van der Waals surface area (Å²) in [4.78, 5) is 95.9. The minimum atomic E-state index is -1.23. The second-order valence-electron chi connectivity index (χ2n) is 17.7. The van der Waals surface area contributed by atoms with E-state index in [9.17, 15) is 33.6 Å². The summed E-state index contributed by atoms with van der Waals surface area (Å²) in [7, 11) is 1.56. The first-order valence-electron chi connectivity index (χ1n) is 21.9. The standard InChI is InChI=1S/C42H68N6O10/c1-4-6-13-32(37(43)51)45-34(49)23-44-39(53)36(50)31(10-5-2)46-38(52)33-19-30(58-25-57-15-14-56-3)24-48(33)40(54)35(29-11-8-7-9-12-29)47-41(55)42-20-26-16-27(21-42)18-28(17-26)22-42/h26-33,35H,4-25H2,1-3H3,(H2,43,51)(H,44,53)(H,45,49)(H,46,52)(H,47,55)/t26?,27?,28?,30-,31?,32?,33+,35?,42?/m1/s1. The second kappa shape index (κ2) is 21.6. The summed E-state index contributed by atoms with van der Waals surface area (Å²) in [5.41, 5.74) is 4.96. The number of hydrogen-bond donors (Lipinski definition) is 5. The van der Waals surface area contributed by atoms with Gasteiger partial charge in [-0.1, -0.05) is 52.4 Å². The van der Waals surface area contributed by atoms with Crippen LogP contribution in [0.4, 0.5) is 0 Å². The molecule has 0 aromatic rings. The molecule has 0 radical (unpaired) electrons. The molecule has 5 aliphatic carbocycles. The smallest absolute Gasteiger partial charge is 0.290 e. The number of likely N-dealkylation sites (tertiary alicyclic amines) is 1. The number of hydrogen-bond acceptors (Lipinski definition) is 10. The van der Waals surface area contributed by atoms with Gasteiger partial charge in [0.15, 0.2) is 0 Å². The summed E-state index contributed by atoms with van der Waals surface area (Å²) in [6.45, 7) is 3.83. The van der Waals surface area contributed by atoms with Crippen LogP contribution in [0.3, 0.4) is 0 Å². The molecule has 16 heteroatoms. The molecule has 6 amide bonds. The third-order valence-corrected chi connectivity index (χ3v) is 13.2. The first kappa shape index (κ1) is 45.5. The molecule has 6 N–H and O–H groups in total. The summed E-state index contributed by atoms with van der Waals surface area (Å²) < 4.78 is 16.6. The Kier molecular flexibility index (Phi) is 16.9. The maximum Gasteiger partial charge on any atom is 0.290 e. The lowest BCUT2D eigenvalue weighted by molar-refractivity contribution is -0.152. The fraction of sp³-hybridized carbons (Fsp3) is 0.833. The van der Waals surface area contributed by atoms with Crippen LogP contribution in [0.5, 0.6) is 0 Å². The van der Waals surface area contributed by atoms with Crippen molar-refractivity contribution in [3.63, 3.8) is 0 Å². The van der Waals surface area contributed by atoms with Gasteiger partial charge >= 0.3 is 0 Å². The fourth-order valence-electron chi connectivity index (χ4n) is 10.6. The summed E-state index contributed by atoms with van der Waals surface area (Å²) in [5, 5.41) is 10.8. The number of methoxy groups -OCH3 is 1. The topological polar surface area (TPSA) is 225 Å². The molecule has 16 nitrogen and oxygen atoms in total. The number of primary amides is 1. The van der Waals surface area contributed by atoms with Gasteiger partial charge in [-0.05, 0) is 87.9 Å². The zero-order valence-corrected chi connectivity index (χ0v) is 34.9. The molecule has 1 aliphatic heterocycles. The lowest BCUT2D eigenvalue weighted by Gasteiger charge is -2.56. The molecule has 6 aliphatic rings. The minimum Gasteiger partial charge on any atom is -0.382 e. The van der Waals surface area contributed by atoms with E-state index in [1.807, 2.05) is 6.92 Å². The van der Waals surface area contributed by atoms with Crippen LogP contribution in [0.1, 0.15) is 123 Å². The van der Waals surface area contributed by atoms with Crippen molar-refractivity contribution in [2.45, 2.75) is 153 Å². The van der Waals surface area contributed by atoms with Gasteiger partial charge in [-0.25, -0.2) is 0 Å². The van der Waals surface area contributed by atoms with Gasteiger partial charge in [-0.3, -0.25) is 33.6 Å². The van der Waals surface area contributed by atoms with Crippen molar-refractivity contribution in [2.24, 2.45) is 34.8 Å². The maximum atomic E-state index is 14.9. The summed E-state index contributed by atoms with van der Waals surface area (Å²) in [6, 6.07) is -4.00. The van der Waals surface area contributed by atoms with Crippen LogP contribution in [0.2, 0.25) is 0 Å². The first-order chi connectivity index (χ1) is 27.9. The Hall–Kier alpha value is -3.63. The van der Waals surface area contributed by atoms with Crippen molar-refractivity contribution in [3.8, 4) is 0 Å². The number of unbranched alkanes of at least 4 members (excludes halogenated alkanes) is 1. The zero-order chi connectivity index (χ0) is 41.8. The maximum absolute atomic E-state index is 14.9. The highest BCUT2D eigenvalue weighted by Crippen LogP contribution is 2.60. The zero-order valence-electron chi connectivity index (χ0n) is 34.9. The number of ether oxygens (including phenoxy) is 3. The highest BCUT2D eigenvalue weighted by Gasteiger charge is 2.56. The summed E-state index contributed by atoms with van der Waals surface area (Å²) in [5.74, 6) is -2.81. The van der Waals surface area contributed by atoms with Crippen LogP contribution in [0.15, 0.2) is 0 Å². The van der Waals surface area contributed by atoms with Crippen LogP contribution >= 0.6 is 0 Å². The van der Waals surface area contributed by atoms with Crippen LogP contribution in [0, 0.1) is 29.1 Å². The normalized spacial score (nSPS) is 28.0. The number of Topliss-reactive ketones (excluding diaryl/α,β-unsaturated/α-hetero) is 1. The number of rotatable bonds is 23. The molecule has 6 rings (SSSR count). The molecule has 326 valence electrons. The van der Waals surface area contributed by atoms with Gasteiger partial charge in [-0.2, -0.15) is 0 Å². The van der Waals surface area contributed by atoms with Crippen LogP contribution < -0.4 is 27.0 Å². The van der Waals surface area contributed by atoms with E-state index in [0.717, 1.165) is 57.8 Å². The largest absolute Gasteiger partial charge is 0.382 e. The third-order valence-electron chi connectivity index (χ3n) is 13.2. The van der Waals surface area contributed by atoms with E-state index in [-0.39, 0.29) is 43.9 Å². The monoisotopic (exact) mass is 816 g/mol. The number of carbonyl (C=O) groups excluding carboxylic acids is 7. The predicted molar refractivity (Wildman–Crippen MR) is 212 cm³/mol. The fourth-order valence-corrected chi connectivity index (χ4v) is 10.6. The molecule has 4 bridgehead atoms. The van der Waals surface area contributed by atoms with E-state index in [1.165, 1.54) is 24.2 Å². The Bertz CT molecular complexity index is 1430. The molecule has 0 aromatic carbocycles. The molecule has 5 saturated carbocycles. The number of nitrogens with two attached hydrogens (primary N) is 1. The molecule has 1 saturated heterocycles. The quantitative estimate of drug-likeness (QED) is 0.0573. The Morgan fingerprint density at radius 3 is 2.09 bits per heavy atom. The molecule has 0 aromatic heterocycles. The van der Waals surface area contributed by atoms with Crippen molar-refractivity contribution < 1.29 is 47.8 Å². The SMILES string of the molecule is CCCCC(NC(=O)CNC(=O)C(=O)C(CCC)NC(=O)[C@@H]1C[C@@H](OCOCCOC)CN1C(=O)C(NC(=O)C12CC3CC(CC(C3)C1)C2)C1CCCCC1)C(N)=O. The number of nitrogens with zero attached hydrogens (tertiary/aromatic N) is 1. The predicted octanol–water partition coefficient (Wildman–Crippen LogP) is 2.01. The van der Waals surface area contributed by atoms with Gasteiger partial charge in [0.1, 0.15) is 24.9 Å². The Balaban J connectivity index is 1.29. The third kappa shape index (κ3) is 11.8. The summed E-state index contributed by atoms with van der Waals surface area (Å²) >= 11 is 0. The highest BCUT2D eigenvalue weighted by atomic mass is 16.7. The Morgan fingerprint density at radius 1 is 0.810 bits per heavy atom. The second-order valence-corrected chi connectivity index (χ2v) is 17.7. The lowest BCUT2D eigenvalue weighted by atomic mass is 9.49. The lowest BCUT2D eigenvalue weighted by Crippen LogP contribution is -2.61. The average molecular weight is 817 g/mol. The van der Waals surface area contributed by atoms with E-state index in [0.29, 0.717) is 50.2 Å². The van der Waals surface area contributed by atoms with Crippen molar-refractivity contribution in [2.75, 3.05) is 40.2 Å². The Labute approximate surface area is 342 Å². The summed E-state index contributed by atoms with van der Waals surface area (Å²) in [6.07, 6.45) is 12.6. The number of amides is 6. The highest BCUT2D eigenvalue weighted by molar-refractivity contribution is 6.38. The number of nitrogens with one attached hydrogen (secondary N) is 4. The minimum absolute atomic E-state index is 0.0329. The van der Waals surface area contributed by atoms with Crippen molar-refractivity contribution >= 4 is 41.2 Å². The van der Waals surface area contributed by atoms with Crippen molar-refractivity contribution in [1.82, 2.24) is 26.2 Å². The number of ketones is 1. The van der Waals surface area contributed by atoms with Gasteiger partial charge in [0, 0.05) is 25.5 Å². The van der Waals surface area contributed by atoms with E-state index in [2.05, 4.69) is 21.3 Å². The molecule has 5 atom stereocenters. The number of carbonyl (C=O) groups is 7. The van der Waals surface area contributed by atoms with Gasteiger partial charge in [0.2, 0.25) is 35.3 Å². The first-order valence-corrected chi connectivity index (χ1v) is 21.9. The van der Waals surface area contributed by atoms with Gasteiger partial charge < -0.3 is 46.1 Å². The van der Waals surface area contributed by atoms with Crippen LogP contribution in [0.25, 0.3) is 0 Å². The van der Waals surface area contributed by atoms with Crippen LogP contribution in [-0.2, 0) is 47.8 Å². The van der Waals surface area contributed by atoms with Crippen molar-refractivity contribution in [3.05, 3.63) is 0 Å². The van der Waals surface area contributed by atoms with E-state index < -0.39 is 71.6 Å². The molecule has 6 fully saturated rings. The molecular weight excluding hydrogens is 748 g/mol. The average Bonchev–Trinajstić information content (AvgIpc) is 3.63. The van der Waals surface area contributed by atoms with Crippen molar-refractivity contribution in [1.29, 1.82) is 0 Å². The van der Waals surface area contributed by atoms with E-state index in [1.54, 1.807) is 14.0 Å². The Morgan fingerprint density at radius 2 is 1.48 bits per heavy atom. The van der Waals surface area contributed by atoms with Gasteiger partial charge in [-0.15, -0.1) is 0 Å². The van der Waals surface area contributed by atoms with Gasteiger partial charge in [0.05, 0.1) is 31.9 Å². The molecule has 0 spiro atoms. The van der Waals surface area contributed by atoms with E-state index in [4.69, 9.17) is 19.9 Å².